The van der Waals surface area contributed by atoms with Crippen molar-refractivity contribution in [2.75, 3.05) is 18.4 Å². The highest BCUT2D eigenvalue weighted by Gasteiger charge is 2.16. The van der Waals surface area contributed by atoms with Gasteiger partial charge in [-0.05, 0) is 37.6 Å². The number of anilines is 1. The molecule has 0 radical (unpaired) electrons. The van der Waals surface area contributed by atoms with Crippen LogP contribution in [-0.2, 0) is 6.42 Å². The van der Waals surface area contributed by atoms with Gasteiger partial charge in [-0.25, -0.2) is 4.98 Å². The Morgan fingerprint density at radius 3 is 2.55 bits per heavy atom. The van der Waals surface area contributed by atoms with Crippen molar-refractivity contribution in [2.45, 2.75) is 20.3 Å². The molecule has 4 aromatic rings. The number of furan rings is 1. The van der Waals surface area contributed by atoms with Crippen LogP contribution in [0.5, 0.6) is 0 Å². The molecule has 0 fully saturated rings. The third-order valence-electron chi connectivity index (χ3n) is 5.13. The Morgan fingerprint density at radius 1 is 1.06 bits per heavy atom. The number of carbonyl (C=O) groups excluding carboxylic acids is 2. The summed E-state index contributed by atoms with van der Waals surface area (Å²) in [6, 6.07) is 15.0. The van der Waals surface area contributed by atoms with Crippen LogP contribution >= 0.6 is 11.3 Å². The molecule has 2 amide bonds. The maximum Gasteiger partial charge on any atom is 0.261 e. The van der Waals surface area contributed by atoms with Crippen LogP contribution in [0.15, 0.2) is 64.6 Å². The Labute approximate surface area is 184 Å². The highest BCUT2D eigenvalue weighted by Crippen LogP contribution is 2.24. The number of hydrogen-bond donors (Lipinski definition) is 1. The number of nitrogens with zero attached hydrogens (tertiary/aromatic N) is 2. The van der Waals surface area contributed by atoms with E-state index in [2.05, 4.69) is 10.3 Å². The van der Waals surface area contributed by atoms with Gasteiger partial charge in [0.25, 0.3) is 11.8 Å². The summed E-state index contributed by atoms with van der Waals surface area (Å²) >= 11 is 1.38. The highest BCUT2D eigenvalue weighted by atomic mass is 32.1. The minimum absolute atomic E-state index is 0.0435. The Bertz CT molecular complexity index is 1210. The number of aromatic nitrogens is 1. The van der Waals surface area contributed by atoms with Gasteiger partial charge in [-0.15, -0.1) is 11.3 Å². The number of hydrogen-bond acceptors (Lipinski definition) is 5. The van der Waals surface area contributed by atoms with Crippen molar-refractivity contribution < 1.29 is 14.0 Å². The maximum absolute atomic E-state index is 12.6. The number of fused-ring (bicyclic) bond motifs is 1. The van der Waals surface area contributed by atoms with Gasteiger partial charge in [0.15, 0.2) is 5.13 Å². The lowest BCUT2D eigenvalue weighted by molar-refractivity contribution is 0.0772. The summed E-state index contributed by atoms with van der Waals surface area (Å²) < 4.78 is 5.44. The van der Waals surface area contributed by atoms with Crippen molar-refractivity contribution in [3.8, 4) is 0 Å². The van der Waals surface area contributed by atoms with Crippen molar-refractivity contribution in [3.63, 3.8) is 0 Å². The third-order valence-corrected chi connectivity index (χ3v) is 5.94. The molecule has 2 aromatic carbocycles. The third kappa shape index (κ3) is 4.51. The van der Waals surface area contributed by atoms with Gasteiger partial charge >= 0.3 is 0 Å². The second-order valence-corrected chi connectivity index (χ2v) is 7.95. The van der Waals surface area contributed by atoms with Crippen molar-refractivity contribution in [2.24, 2.45) is 0 Å². The number of para-hydroxylation sites is 1. The zero-order chi connectivity index (χ0) is 21.8. The number of thiazole rings is 1. The Hall–Kier alpha value is -3.45. The largest absolute Gasteiger partial charge is 0.463 e. The molecule has 7 heteroatoms. The van der Waals surface area contributed by atoms with E-state index in [-0.39, 0.29) is 11.8 Å². The fourth-order valence-electron chi connectivity index (χ4n) is 3.43. The predicted molar refractivity (Wildman–Crippen MR) is 123 cm³/mol. The number of carbonyl (C=O) groups is 2. The first kappa shape index (κ1) is 20.8. The monoisotopic (exact) mass is 433 g/mol. The summed E-state index contributed by atoms with van der Waals surface area (Å²) in [7, 11) is 0. The number of benzene rings is 2. The molecule has 0 saturated carbocycles. The molecule has 0 bridgehead atoms. The molecule has 0 saturated heterocycles. The molecule has 2 aromatic heterocycles. The topological polar surface area (TPSA) is 75.4 Å². The van der Waals surface area contributed by atoms with Crippen molar-refractivity contribution in [1.29, 1.82) is 0 Å². The van der Waals surface area contributed by atoms with Gasteiger partial charge in [-0.1, -0.05) is 30.3 Å². The first-order chi connectivity index (χ1) is 15.1. The van der Waals surface area contributed by atoms with Crippen LogP contribution in [0, 0.1) is 0 Å². The summed E-state index contributed by atoms with van der Waals surface area (Å²) in [6.07, 6.45) is 2.09. The number of amides is 2. The van der Waals surface area contributed by atoms with E-state index in [0.717, 1.165) is 16.6 Å². The second kappa shape index (κ2) is 9.14. The van der Waals surface area contributed by atoms with Gasteiger partial charge in [0, 0.05) is 35.8 Å². The second-order valence-electron chi connectivity index (χ2n) is 7.09. The Morgan fingerprint density at radius 2 is 1.81 bits per heavy atom. The SMILES string of the molecule is CCN(CC)C(=O)c1ccc(Cc2csc(NC(=O)c3coc4ccccc34)n2)cc1. The van der Waals surface area contributed by atoms with Gasteiger partial charge in [0.1, 0.15) is 11.8 Å². The molecule has 0 unspecified atom stereocenters. The molecule has 0 spiro atoms. The fourth-order valence-corrected chi connectivity index (χ4v) is 4.14. The average Bonchev–Trinajstić information content (AvgIpc) is 3.42. The number of rotatable bonds is 7. The van der Waals surface area contributed by atoms with E-state index in [4.69, 9.17) is 4.42 Å². The van der Waals surface area contributed by atoms with E-state index in [0.29, 0.717) is 41.4 Å². The summed E-state index contributed by atoms with van der Waals surface area (Å²) in [5.74, 6) is -0.202. The van der Waals surface area contributed by atoms with E-state index in [1.165, 1.54) is 17.6 Å². The van der Waals surface area contributed by atoms with Crippen LogP contribution in [-0.4, -0.2) is 34.8 Å². The molecule has 6 nitrogen and oxygen atoms in total. The Kier molecular flexibility index (Phi) is 6.13. The van der Waals surface area contributed by atoms with Gasteiger partial charge in [-0.3, -0.25) is 14.9 Å². The molecular weight excluding hydrogens is 410 g/mol. The zero-order valence-electron chi connectivity index (χ0n) is 17.4. The van der Waals surface area contributed by atoms with Gasteiger partial charge < -0.3 is 9.32 Å². The van der Waals surface area contributed by atoms with E-state index in [1.807, 2.05) is 67.8 Å². The molecule has 158 valence electrons. The van der Waals surface area contributed by atoms with Crippen LogP contribution in [0.4, 0.5) is 5.13 Å². The van der Waals surface area contributed by atoms with E-state index in [1.54, 1.807) is 4.90 Å². The lowest BCUT2D eigenvalue weighted by Crippen LogP contribution is -2.30. The van der Waals surface area contributed by atoms with Gasteiger partial charge in [0.05, 0.1) is 11.3 Å². The summed E-state index contributed by atoms with van der Waals surface area (Å²) in [5.41, 5.74) is 3.77. The molecule has 2 heterocycles. The van der Waals surface area contributed by atoms with E-state index in [9.17, 15) is 9.59 Å². The van der Waals surface area contributed by atoms with Crippen LogP contribution < -0.4 is 5.32 Å². The van der Waals surface area contributed by atoms with Crippen LogP contribution in [0.25, 0.3) is 11.0 Å². The zero-order valence-corrected chi connectivity index (χ0v) is 18.2. The van der Waals surface area contributed by atoms with Crippen LogP contribution in [0.2, 0.25) is 0 Å². The molecule has 31 heavy (non-hydrogen) atoms. The fraction of sp³-hybridized carbons (Fsp3) is 0.208. The smallest absolute Gasteiger partial charge is 0.261 e. The highest BCUT2D eigenvalue weighted by molar-refractivity contribution is 7.14. The minimum Gasteiger partial charge on any atom is -0.463 e. The minimum atomic E-state index is -0.245. The normalized spacial score (nSPS) is 10.9. The van der Waals surface area contributed by atoms with Gasteiger partial charge in [-0.2, -0.15) is 0 Å². The average molecular weight is 434 g/mol. The molecule has 0 aliphatic heterocycles. The van der Waals surface area contributed by atoms with E-state index >= 15 is 0 Å². The molecule has 4 rings (SSSR count). The van der Waals surface area contributed by atoms with E-state index < -0.39 is 0 Å². The lowest BCUT2D eigenvalue weighted by atomic mass is 10.1. The first-order valence-electron chi connectivity index (χ1n) is 10.2. The van der Waals surface area contributed by atoms with Crippen LogP contribution in [0.1, 0.15) is 45.8 Å². The van der Waals surface area contributed by atoms with Crippen molar-refractivity contribution in [3.05, 3.63) is 82.6 Å². The van der Waals surface area contributed by atoms with Gasteiger partial charge in [0.2, 0.25) is 0 Å². The van der Waals surface area contributed by atoms with Crippen LogP contribution in [0.3, 0.4) is 0 Å². The number of nitrogens with one attached hydrogen (secondary N) is 1. The van der Waals surface area contributed by atoms with Crippen molar-refractivity contribution in [1.82, 2.24) is 9.88 Å². The molecule has 1 N–H and O–H groups in total. The standard InChI is InChI=1S/C24H23N3O3S/c1-3-27(4-2)23(29)17-11-9-16(10-12-17)13-18-15-31-24(25-18)26-22(28)20-14-30-21-8-6-5-7-19(20)21/h5-12,14-15H,3-4,13H2,1-2H3,(H,25,26,28). The first-order valence-corrected chi connectivity index (χ1v) is 11.1. The summed E-state index contributed by atoms with van der Waals surface area (Å²) in [4.78, 5) is 31.4. The molecule has 0 aliphatic carbocycles. The van der Waals surface area contributed by atoms with Crippen molar-refractivity contribution >= 4 is 39.3 Å². The Balaban J connectivity index is 1.41. The maximum atomic E-state index is 12.6. The molecular formula is C24H23N3O3S. The lowest BCUT2D eigenvalue weighted by Gasteiger charge is -2.18. The molecule has 0 atom stereocenters. The summed E-state index contributed by atoms with van der Waals surface area (Å²) in [6.45, 7) is 5.34. The quantitative estimate of drug-likeness (QED) is 0.434. The summed E-state index contributed by atoms with van der Waals surface area (Å²) in [5, 5.41) is 6.09. The molecule has 0 aliphatic rings. The predicted octanol–water partition coefficient (Wildman–Crippen LogP) is 5.21.